The standard InChI is InChI=1S/C16H12F3NO2/c1-10(21)15(20-22)12-7-5-11(6-8-12)13-3-2-4-14(9-13)16(17,18)19/h2-9,22H,1H3/b20-15+. The van der Waals surface area contributed by atoms with Gasteiger partial charge in [-0.05, 0) is 23.3 Å². The fourth-order valence-corrected chi connectivity index (χ4v) is 2.03. The quantitative estimate of drug-likeness (QED) is 0.526. The third kappa shape index (κ3) is 3.33. The molecule has 22 heavy (non-hydrogen) atoms. The van der Waals surface area contributed by atoms with Crippen LogP contribution in [0, 0.1) is 0 Å². The molecule has 0 amide bonds. The van der Waals surface area contributed by atoms with E-state index in [0.29, 0.717) is 16.7 Å². The molecule has 2 aromatic rings. The molecule has 0 bridgehead atoms. The van der Waals surface area contributed by atoms with Crippen LogP contribution in [0.4, 0.5) is 13.2 Å². The van der Waals surface area contributed by atoms with Gasteiger partial charge >= 0.3 is 6.18 Å². The number of benzene rings is 2. The third-order valence-electron chi connectivity index (χ3n) is 3.12. The third-order valence-corrected chi connectivity index (χ3v) is 3.12. The number of oxime groups is 1. The second kappa shape index (κ2) is 6.01. The van der Waals surface area contributed by atoms with Gasteiger partial charge in [-0.1, -0.05) is 41.6 Å². The maximum atomic E-state index is 12.7. The minimum atomic E-state index is -4.40. The first-order valence-corrected chi connectivity index (χ1v) is 6.34. The largest absolute Gasteiger partial charge is 0.416 e. The summed E-state index contributed by atoms with van der Waals surface area (Å²) >= 11 is 0. The lowest BCUT2D eigenvalue weighted by atomic mass is 9.99. The number of rotatable bonds is 3. The van der Waals surface area contributed by atoms with Crippen LogP contribution in [0.25, 0.3) is 11.1 Å². The molecular weight excluding hydrogens is 295 g/mol. The van der Waals surface area contributed by atoms with E-state index in [2.05, 4.69) is 5.16 Å². The van der Waals surface area contributed by atoms with Crippen LogP contribution in [0.1, 0.15) is 18.1 Å². The van der Waals surface area contributed by atoms with Crippen molar-refractivity contribution in [1.82, 2.24) is 0 Å². The monoisotopic (exact) mass is 307 g/mol. The number of halogens is 3. The molecule has 0 saturated heterocycles. The number of ketones is 1. The van der Waals surface area contributed by atoms with Crippen molar-refractivity contribution in [2.45, 2.75) is 13.1 Å². The minimum absolute atomic E-state index is 0.101. The van der Waals surface area contributed by atoms with Crippen LogP contribution >= 0.6 is 0 Å². The first kappa shape index (κ1) is 15.8. The highest BCUT2D eigenvalue weighted by molar-refractivity contribution is 6.45. The zero-order chi connectivity index (χ0) is 16.3. The zero-order valence-corrected chi connectivity index (χ0v) is 11.6. The molecule has 2 rings (SSSR count). The van der Waals surface area contributed by atoms with Crippen molar-refractivity contribution in [2.24, 2.45) is 5.16 Å². The predicted molar refractivity (Wildman–Crippen MR) is 75.9 cm³/mol. The highest BCUT2D eigenvalue weighted by atomic mass is 19.4. The van der Waals surface area contributed by atoms with Gasteiger partial charge in [-0.3, -0.25) is 4.79 Å². The lowest BCUT2D eigenvalue weighted by Crippen LogP contribution is -2.11. The van der Waals surface area contributed by atoms with Crippen molar-refractivity contribution < 1.29 is 23.2 Å². The van der Waals surface area contributed by atoms with Crippen LogP contribution in [-0.4, -0.2) is 16.7 Å². The van der Waals surface area contributed by atoms with Gasteiger partial charge in [0, 0.05) is 12.5 Å². The van der Waals surface area contributed by atoms with Gasteiger partial charge in [0.25, 0.3) is 0 Å². The number of nitrogens with zero attached hydrogens (tertiary/aromatic N) is 1. The molecule has 0 aliphatic rings. The summed E-state index contributed by atoms with van der Waals surface area (Å²) in [6.45, 7) is 1.26. The molecule has 0 saturated carbocycles. The van der Waals surface area contributed by atoms with Gasteiger partial charge < -0.3 is 5.21 Å². The Morgan fingerprint density at radius 1 is 1.05 bits per heavy atom. The highest BCUT2D eigenvalue weighted by Gasteiger charge is 2.30. The molecule has 0 atom stereocenters. The van der Waals surface area contributed by atoms with Gasteiger partial charge in [0.1, 0.15) is 0 Å². The molecule has 0 aliphatic heterocycles. The van der Waals surface area contributed by atoms with E-state index < -0.39 is 17.5 Å². The molecule has 0 spiro atoms. The van der Waals surface area contributed by atoms with Gasteiger partial charge in [-0.25, -0.2) is 0 Å². The van der Waals surface area contributed by atoms with Crippen molar-refractivity contribution in [3.05, 3.63) is 59.7 Å². The Morgan fingerprint density at radius 3 is 2.18 bits per heavy atom. The van der Waals surface area contributed by atoms with E-state index in [4.69, 9.17) is 5.21 Å². The maximum Gasteiger partial charge on any atom is 0.416 e. The van der Waals surface area contributed by atoms with E-state index in [9.17, 15) is 18.0 Å². The summed E-state index contributed by atoms with van der Waals surface area (Å²) in [4.78, 5) is 11.3. The highest BCUT2D eigenvalue weighted by Crippen LogP contribution is 2.32. The molecular formula is C16H12F3NO2. The van der Waals surface area contributed by atoms with Crippen LogP contribution in [0.5, 0.6) is 0 Å². The van der Waals surface area contributed by atoms with Crippen LogP contribution in [-0.2, 0) is 11.0 Å². The Hall–Kier alpha value is -2.63. The summed E-state index contributed by atoms with van der Waals surface area (Å²) in [5.74, 6) is -0.408. The van der Waals surface area contributed by atoms with Crippen LogP contribution < -0.4 is 0 Å². The molecule has 0 fully saturated rings. The second-order valence-corrected chi connectivity index (χ2v) is 4.66. The van der Waals surface area contributed by atoms with Crippen molar-refractivity contribution in [3.8, 4) is 11.1 Å². The number of carbonyl (C=O) groups excluding carboxylic acids is 1. The summed E-state index contributed by atoms with van der Waals surface area (Å²) in [6, 6.07) is 11.1. The van der Waals surface area contributed by atoms with Crippen LogP contribution in [0.2, 0.25) is 0 Å². The van der Waals surface area contributed by atoms with Crippen molar-refractivity contribution in [2.75, 3.05) is 0 Å². The van der Waals surface area contributed by atoms with Gasteiger partial charge in [0.15, 0.2) is 11.5 Å². The van der Waals surface area contributed by atoms with Gasteiger partial charge in [0.2, 0.25) is 0 Å². The van der Waals surface area contributed by atoms with Crippen molar-refractivity contribution >= 4 is 11.5 Å². The molecule has 0 aromatic heterocycles. The smallest absolute Gasteiger partial charge is 0.410 e. The van der Waals surface area contributed by atoms with Crippen molar-refractivity contribution in [1.29, 1.82) is 0 Å². The van der Waals surface area contributed by atoms with Crippen LogP contribution in [0.3, 0.4) is 0 Å². The fourth-order valence-electron chi connectivity index (χ4n) is 2.03. The number of Topliss-reactive ketones (excluding diaryl/α,β-unsaturated/α-hetero) is 1. The van der Waals surface area contributed by atoms with E-state index >= 15 is 0 Å². The molecule has 0 heterocycles. The zero-order valence-electron chi connectivity index (χ0n) is 11.6. The Kier molecular flexibility index (Phi) is 4.30. The SMILES string of the molecule is CC(=O)/C(=N\O)c1ccc(-c2cccc(C(F)(F)F)c2)cc1. The Morgan fingerprint density at radius 2 is 1.68 bits per heavy atom. The Labute approximate surface area is 124 Å². The normalized spacial score (nSPS) is 12.3. The molecule has 3 nitrogen and oxygen atoms in total. The van der Waals surface area contributed by atoms with Crippen molar-refractivity contribution in [3.63, 3.8) is 0 Å². The Bertz CT molecular complexity index is 719. The summed E-state index contributed by atoms with van der Waals surface area (Å²) < 4.78 is 38.1. The van der Waals surface area contributed by atoms with Gasteiger partial charge in [0.05, 0.1) is 5.56 Å². The fraction of sp³-hybridized carbons (Fsp3) is 0.125. The lowest BCUT2D eigenvalue weighted by molar-refractivity contribution is -0.137. The topological polar surface area (TPSA) is 49.7 Å². The second-order valence-electron chi connectivity index (χ2n) is 4.66. The molecule has 114 valence electrons. The average molecular weight is 307 g/mol. The number of alkyl halides is 3. The minimum Gasteiger partial charge on any atom is -0.410 e. The number of hydrogen-bond acceptors (Lipinski definition) is 3. The molecule has 6 heteroatoms. The van der Waals surface area contributed by atoms with E-state index in [1.807, 2.05) is 0 Å². The van der Waals surface area contributed by atoms with Gasteiger partial charge in [-0.2, -0.15) is 13.2 Å². The number of hydrogen-bond donors (Lipinski definition) is 1. The predicted octanol–water partition coefficient (Wildman–Crippen LogP) is 4.14. The lowest BCUT2D eigenvalue weighted by Gasteiger charge is -2.09. The first-order chi connectivity index (χ1) is 10.3. The van der Waals surface area contributed by atoms with E-state index in [1.54, 1.807) is 18.2 Å². The Balaban J connectivity index is 2.38. The summed E-state index contributed by atoms with van der Waals surface area (Å²) in [6.07, 6.45) is -4.40. The van der Waals surface area contributed by atoms with E-state index in [-0.39, 0.29) is 5.71 Å². The molecule has 0 aliphatic carbocycles. The average Bonchev–Trinajstić information content (AvgIpc) is 2.47. The van der Waals surface area contributed by atoms with E-state index in [1.165, 1.54) is 25.1 Å². The van der Waals surface area contributed by atoms with E-state index in [0.717, 1.165) is 12.1 Å². The molecule has 2 aromatic carbocycles. The summed E-state index contributed by atoms with van der Waals surface area (Å²) in [5.41, 5.74) is 0.541. The maximum absolute atomic E-state index is 12.7. The van der Waals surface area contributed by atoms with Crippen LogP contribution in [0.15, 0.2) is 53.7 Å². The van der Waals surface area contributed by atoms with Gasteiger partial charge in [-0.15, -0.1) is 0 Å². The molecule has 0 radical (unpaired) electrons. The molecule has 1 N–H and O–H groups in total. The summed E-state index contributed by atoms with van der Waals surface area (Å²) in [7, 11) is 0. The molecule has 0 unspecified atom stereocenters. The number of carbonyl (C=O) groups is 1. The first-order valence-electron chi connectivity index (χ1n) is 6.34. The summed E-state index contributed by atoms with van der Waals surface area (Å²) in [5, 5.41) is 11.7.